The van der Waals surface area contributed by atoms with E-state index in [2.05, 4.69) is 0 Å². The normalized spacial score (nSPS) is 18.1. The molecule has 0 aliphatic heterocycles. The summed E-state index contributed by atoms with van der Waals surface area (Å²) in [7, 11) is 3.05. The molecule has 2 rings (SSSR count). The van der Waals surface area contributed by atoms with Gasteiger partial charge in [0.2, 0.25) is 0 Å². The number of hydrogen-bond acceptors (Lipinski definition) is 3. The van der Waals surface area contributed by atoms with Gasteiger partial charge in [-0.2, -0.15) is 0 Å². The molecule has 0 atom stereocenters. The van der Waals surface area contributed by atoms with Gasteiger partial charge < -0.3 is 15.2 Å². The lowest BCUT2D eigenvalue weighted by molar-refractivity contribution is 0.329. The van der Waals surface area contributed by atoms with Crippen molar-refractivity contribution in [3.05, 3.63) is 23.5 Å². The number of halogens is 1. The van der Waals surface area contributed by atoms with Crippen LogP contribution in [-0.2, 0) is 5.54 Å². The molecule has 0 aromatic heterocycles. The maximum Gasteiger partial charge on any atom is 0.168 e. The summed E-state index contributed by atoms with van der Waals surface area (Å²) < 4.78 is 24.5. The maximum absolute atomic E-state index is 14.0. The molecule has 1 fully saturated rings. The summed E-state index contributed by atoms with van der Waals surface area (Å²) in [6.45, 7) is 0. The average Bonchev–Trinajstić information content (AvgIpc) is 2.76. The Kier molecular flexibility index (Phi) is 3.24. The minimum atomic E-state index is -0.621. The van der Waals surface area contributed by atoms with E-state index in [1.54, 1.807) is 6.07 Å². The number of rotatable bonds is 3. The molecule has 94 valence electrons. The highest BCUT2D eigenvalue weighted by molar-refractivity contribution is 5.51. The van der Waals surface area contributed by atoms with Gasteiger partial charge in [-0.1, -0.05) is 12.8 Å². The van der Waals surface area contributed by atoms with Crippen LogP contribution in [0, 0.1) is 5.82 Å². The van der Waals surface area contributed by atoms with Crippen molar-refractivity contribution in [1.29, 1.82) is 0 Å². The molecule has 1 saturated carbocycles. The predicted molar refractivity (Wildman–Crippen MR) is 63.8 cm³/mol. The third-order valence-electron chi connectivity index (χ3n) is 3.49. The first kappa shape index (κ1) is 12.2. The van der Waals surface area contributed by atoms with Crippen molar-refractivity contribution in [1.82, 2.24) is 0 Å². The molecular weight excluding hydrogens is 221 g/mol. The molecule has 17 heavy (non-hydrogen) atoms. The SMILES string of the molecule is COc1ccc(F)c(C2(N)CCCC2)c1OC. The fourth-order valence-corrected chi connectivity index (χ4v) is 2.62. The highest BCUT2D eigenvalue weighted by atomic mass is 19.1. The highest BCUT2D eigenvalue weighted by Crippen LogP contribution is 2.45. The van der Waals surface area contributed by atoms with Crippen LogP contribution in [0.3, 0.4) is 0 Å². The van der Waals surface area contributed by atoms with Gasteiger partial charge in [-0.25, -0.2) is 4.39 Å². The summed E-state index contributed by atoms with van der Waals surface area (Å²) in [4.78, 5) is 0. The van der Waals surface area contributed by atoms with Crippen molar-refractivity contribution in [3.8, 4) is 11.5 Å². The topological polar surface area (TPSA) is 44.5 Å². The average molecular weight is 239 g/mol. The van der Waals surface area contributed by atoms with Gasteiger partial charge in [0.05, 0.1) is 19.8 Å². The minimum absolute atomic E-state index is 0.313. The van der Waals surface area contributed by atoms with Crippen LogP contribution in [0.2, 0.25) is 0 Å². The van der Waals surface area contributed by atoms with E-state index in [1.165, 1.54) is 20.3 Å². The Morgan fingerprint density at radius 2 is 1.82 bits per heavy atom. The molecule has 1 aromatic carbocycles. The third kappa shape index (κ3) is 1.97. The maximum atomic E-state index is 14.0. The quantitative estimate of drug-likeness (QED) is 0.881. The molecule has 2 N–H and O–H groups in total. The van der Waals surface area contributed by atoms with Gasteiger partial charge in [0.1, 0.15) is 5.82 Å². The second-order valence-electron chi connectivity index (χ2n) is 4.52. The van der Waals surface area contributed by atoms with Crippen LogP contribution in [-0.4, -0.2) is 14.2 Å². The van der Waals surface area contributed by atoms with E-state index in [1.807, 2.05) is 0 Å². The molecule has 0 radical (unpaired) electrons. The van der Waals surface area contributed by atoms with Gasteiger partial charge in [0.15, 0.2) is 11.5 Å². The number of nitrogens with two attached hydrogens (primary N) is 1. The number of hydrogen-bond donors (Lipinski definition) is 1. The van der Waals surface area contributed by atoms with Crippen LogP contribution in [0.25, 0.3) is 0 Å². The molecule has 0 amide bonds. The lowest BCUT2D eigenvalue weighted by Crippen LogP contribution is -2.34. The van der Waals surface area contributed by atoms with Crippen molar-refractivity contribution in [2.45, 2.75) is 31.2 Å². The molecule has 0 saturated heterocycles. The summed E-state index contributed by atoms with van der Waals surface area (Å²) >= 11 is 0. The zero-order chi connectivity index (χ0) is 12.5. The minimum Gasteiger partial charge on any atom is -0.493 e. The largest absolute Gasteiger partial charge is 0.493 e. The summed E-state index contributed by atoms with van der Waals surface area (Å²) in [5, 5.41) is 0. The van der Waals surface area contributed by atoms with Crippen molar-refractivity contribution < 1.29 is 13.9 Å². The summed E-state index contributed by atoms with van der Waals surface area (Å²) in [6.07, 6.45) is 3.62. The van der Waals surface area contributed by atoms with Gasteiger partial charge in [0, 0.05) is 5.54 Å². The van der Waals surface area contributed by atoms with E-state index in [-0.39, 0.29) is 5.82 Å². The molecule has 1 aliphatic carbocycles. The Morgan fingerprint density at radius 1 is 1.18 bits per heavy atom. The number of methoxy groups -OCH3 is 2. The zero-order valence-corrected chi connectivity index (χ0v) is 10.3. The van der Waals surface area contributed by atoms with E-state index in [0.29, 0.717) is 17.1 Å². The van der Waals surface area contributed by atoms with Gasteiger partial charge in [-0.15, -0.1) is 0 Å². The molecule has 0 heterocycles. The lowest BCUT2D eigenvalue weighted by Gasteiger charge is -2.27. The van der Waals surface area contributed by atoms with Crippen molar-refractivity contribution in [2.75, 3.05) is 14.2 Å². The Bertz CT molecular complexity index is 414. The fraction of sp³-hybridized carbons (Fsp3) is 0.538. The van der Waals surface area contributed by atoms with Crippen molar-refractivity contribution >= 4 is 0 Å². The van der Waals surface area contributed by atoms with Crippen molar-refractivity contribution in [2.24, 2.45) is 5.73 Å². The van der Waals surface area contributed by atoms with E-state index >= 15 is 0 Å². The Morgan fingerprint density at radius 3 is 2.35 bits per heavy atom. The fourth-order valence-electron chi connectivity index (χ4n) is 2.62. The van der Waals surface area contributed by atoms with Gasteiger partial charge in [-0.3, -0.25) is 0 Å². The van der Waals surface area contributed by atoms with Crippen LogP contribution in [0.5, 0.6) is 11.5 Å². The van der Waals surface area contributed by atoms with E-state index < -0.39 is 5.54 Å². The molecule has 4 heteroatoms. The van der Waals surface area contributed by atoms with Crippen LogP contribution < -0.4 is 15.2 Å². The molecule has 3 nitrogen and oxygen atoms in total. The summed E-state index contributed by atoms with van der Waals surface area (Å²) in [5.41, 5.74) is 6.14. The van der Waals surface area contributed by atoms with E-state index in [9.17, 15) is 4.39 Å². The molecule has 0 unspecified atom stereocenters. The first-order valence-corrected chi connectivity index (χ1v) is 5.82. The molecule has 0 spiro atoms. The van der Waals surface area contributed by atoms with Gasteiger partial charge in [-0.05, 0) is 25.0 Å². The monoisotopic (exact) mass is 239 g/mol. The first-order chi connectivity index (χ1) is 8.12. The Balaban J connectivity index is 2.57. The van der Waals surface area contributed by atoms with E-state index in [4.69, 9.17) is 15.2 Å². The molecule has 0 bridgehead atoms. The standard InChI is InChI=1S/C13H18FNO2/c1-16-10-6-5-9(14)11(12(10)17-2)13(15)7-3-4-8-13/h5-6H,3-4,7-8,15H2,1-2H3. The molecular formula is C13H18FNO2. The van der Waals surface area contributed by atoms with Gasteiger partial charge >= 0.3 is 0 Å². The highest BCUT2D eigenvalue weighted by Gasteiger charge is 2.37. The Labute approximate surface area is 101 Å². The van der Waals surface area contributed by atoms with Crippen LogP contribution in [0.15, 0.2) is 12.1 Å². The second kappa shape index (κ2) is 4.53. The van der Waals surface area contributed by atoms with Gasteiger partial charge in [0.25, 0.3) is 0 Å². The predicted octanol–water partition coefficient (Wildman–Crippen LogP) is 2.57. The Hall–Kier alpha value is -1.29. The van der Waals surface area contributed by atoms with Crippen LogP contribution in [0.1, 0.15) is 31.2 Å². The zero-order valence-electron chi connectivity index (χ0n) is 10.3. The van der Waals surface area contributed by atoms with Crippen LogP contribution in [0.4, 0.5) is 4.39 Å². The van der Waals surface area contributed by atoms with Crippen LogP contribution >= 0.6 is 0 Å². The first-order valence-electron chi connectivity index (χ1n) is 5.82. The number of benzene rings is 1. The summed E-state index contributed by atoms with van der Waals surface area (Å²) in [6, 6.07) is 2.96. The van der Waals surface area contributed by atoms with E-state index in [0.717, 1.165) is 25.7 Å². The summed E-state index contributed by atoms with van der Waals surface area (Å²) in [5.74, 6) is 0.643. The van der Waals surface area contributed by atoms with Crippen molar-refractivity contribution in [3.63, 3.8) is 0 Å². The molecule has 1 aliphatic rings. The smallest absolute Gasteiger partial charge is 0.168 e. The lowest BCUT2D eigenvalue weighted by atomic mass is 9.88. The number of ether oxygens (including phenoxy) is 2. The second-order valence-corrected chi connectivity index (χ2v) is 4.52. The third-order valence-corrected chi connectivity index (χ3v) is 3.49. The molecule has 1 aromatic rings.